The summed E-state index contributed by atoms with van der Waals surface area (Å²) in [6.07, 6.45) is -1.23. The van der Waals surface area contributed by atoms with Gasteiger partial charge in [-0.15, -0.1) is 0 Å². The molecule has 2 heterocycles. The number of benzene rings is 1. The van der Waals surface area contributed by atoms with E-state index >= 15 is 0 Å². The second kappa shape index (κ2) is 11.6. The van der Waals surface area contributed by atoms with E-state index in [2.05, 4.69) is 18.7 Å². The lowest BCUT2D eigenvalue weighted by Crippen LogP contribution is -2.57. The van der Waals surface area contributed by atoms with Gasteiger partial charge in [0.05, 0.1) is 22.9 Å². The molecular weight excluding hydrogens is 515 g/mol. The van der Waals surface area contributed by atoms with Crippen LogP contribution < -0.4 is 4.90 Å². The van der Waals surface area contributed by atoms with Crippen LogP contribution in [0.5, 0.6) is 0 Å². The molecule has 2 amide bonds. The Balaban J connectivity index is 1.59. The molecule has 1 aromatic carbocycles. The first-order valence-electron chi connectivity index (χ1n) is 13.0. The molecule has 0 unspecified atom stereocenters. The van der Waals surface area contributed by atoms with Crippen molar-refractivity contribution in [3.05, 3.63) is 29.3 Å². The van der Waals surface area contributed by atoms with Crippen LogP contribution in [0.4, 0.5) is 18.9 Å². The van der Waals surface area contributed by atoms with Gasteiger partial charge in [-0.25, -0.2) is 0 Å². The molecule has 7 nitrogen and oxygen atoms in total. The third-order valence-electron chi connectivity index (χ3n) is 7.61. The molecule has 0 N–H and O–H groups in total. The van der Waals surface area contributed by atoms with Crippen molar-refractivity contribution < 1.29 is 22.8 Å². The molecule has 0 aliphatic carbocycles. The summed E-state index contributed by atoms with van der Waals surface area (Å²) < 4.78 is 41.6. The number of carbonyl (C=O) groups excluding carboxylic acids is 2. The van der Waals surface area contributed by atoms with Crippen molar-refractivity contribution >= 4 is 34.8 Å². The van der Waals surface area contributed by atoms with E-state index in [-0.39, 0.29) is 17.1 Å². The van der Waals surface area contributed by atoms with Crippen LogP contribution in [0, 0.1) is 11.3 Å². The van der Waals surface area contributed by atoms with Crippen LogP contribution in [-0.4, -0.2) is 75.4 Å². The Labute approximate surface area is 228 Å². The lowest BCUT2D eigenvalue weighted by Gasteiger charge is -2.43. The molecule has 208 valence electrons. The molecule has 11 heteroatoms. The zero-order chi connectivity index (χ0) is 28.4. The summed E-state index contributed by atoms with van der Waals surface area (Å²) >= 11 is 5.52. The van der Waals surface area contributed by atoms with E-state index in [1.165, 1.54) is 12.1 Å². The van der Waals surface area contributed by atoms with E-state index in [0.29, 0.717) is 12.6 Å². The van der Waals surface area contributed by atoms with Gasteiger partial charge in [0.2, 0.25) is 5.91 Å². The van der Waals surface area contributed by atoms with E-state index in [0.717, 1.165) is 56.3 Å². The highest BCUT2D eigenvalue weighted by molar-refractivity contribution is 7.80. The zero-order valence-corrected chi connectivity index (χ0v) is 23.5. The Bertz CT molecular complexity index is 1120. The normalized spacial score (nSPS) is 22.2. The number of alkyl halides is 3. The third kappa shape index (κ3) is 5.96. The van der Waals surface area contributed by atoms with Gasteiger partial charge in [-0.05, 0) is 71.4 Å². The second-order valence-electron chi connectivity index (χ2n) is 10.7. The summed E-state index contributed by atoms with van der Waals surface area (Å²) in [5, 5.41) is 9.27. The molecule has 2 aliphatic rings. The van der Waals surface area contributed by atoms with Crippen LogP contribution in [0.2, 0.25) is 0 Å². The SMILES string of the molecule is CC(=O)N1C[C@@H](C)N(CCCCCCN2C(=S)N(c3cccc(C#N)c3C(F)(F)F)C(=O)C2(C)C)C[C@@H]1C. The highest BCUT2D eigenvalue weighted by Crippen LogP contribution is 2.42. The number of rotatable bonds is 8. The van der Waals surface area contributed by atoms with Crippen molar-refractivity contribution in [2.45, 2.75) is 84.1 Å². The van der Waals surface area contributed by atoms with Gasteiger partial charge in [-0.1, -0.05) is 18.9 Å². The molecule has 2 atom stereocenters. The highest BCUT2D eigenvalue weighted by Gasteiger charge is 2.51. The van der Waals surface area contributed by atoms with Gasteiger partial charge in [-0.3, -0.25) is 19.4 Å². The first kappa shape index (κ1) is 29.8. The number of hydrogen-bond donors (Lipinski definition) is 0. The van der Waals surface area contributed by atoms with E-state index in [1.54, 1.807) is 31.7 Å². The number of carbonyl (C=O) groups is 2. The maximum atomic E-state index is 13.9. The number of piperazine rings is 1. The van der Waals surface area contributed by atoms with Crippen LogP contribution in [0.1, 0.15) is 71.4 Å². The summed E-state index contributed by atoms with van der Waals surface area (Å²) in [7, 11) is 0. The van der Waals surface area contributed by atoms with Gasteiger partial charge in [0, 0.05) is 38.6 Å². The molecule has 2 saturated heterocycles. The predicted octanol–water partition coefficient (Wildman–Crippen LogP) is 4.79. The first-order chi connectivity index (χ1) is 17.7. The van der Waals surface area contributed by atoms with Gasteiger partial charge in [0.1, 0.15) is 5.54 Å². The molecule has 2 fully saturated rings. The van der Waals surface area contributed by atoms with Crippen LogP contribution in [0.3, 0.4) is 0 Å². The Hall–Kier alpha value is -2.71. The maximum Gasteiger partial charge on any atom is 0.419 e. The lowest BCUT2D eigenvalue weighted by atomic mass is 10.0. The van der Waals surface area contributed by atoms with Crippen LogP contribution in [0.25, 0.3) is 0 Å². The van der Waals surface area contributed by atoms with Crippen molar-refractivity contribution in [2.75, 3.05) is 31.1 Å². The summed E-state index contributed by atoms with van der Waals surface area (Å²) in [4.78, 5) is 32.0. The third-order valence-corrected chi connectivity index (χ3v) is 8.01. The zero-order valence-electron chi connectivity index (χ0n) is 22.6. The Morgan fingerprint density at radius 2 is 1.74 bits per heavy atom. The van der Waals surface area contributed by atoms with Crippen LogP contribution >= 0.6 is 12.2 Å². The minimum atomic E-state index is -4.82. The average molecular weight is 552 g/mol. The highest BCUT2D eigenvalue weighted by atomic mass is 32.1. The number of nitriles is 1. The lowest BCUT2D eigenvalue weighted by molar-refractivity contribution is -0.137. The van der Waals surface area contributed by atoms with E-state index < -0.39 is 34.4 Å². The Morgan fingerprint density at radius 3 is 2.32 bits per heavy atom. The number of halogens is 3. The quantitative estimate of drug-likeness (QED) is 0.342. The largest absolute Gasteiger partial charge is 0.419 e. The summed E-state index contributed by atoms with van der Waals surface area (Å²) in [6.45, 7) is 12.1. The predicted molar refractivity (Wildman–Crippen MR) is 143 cm³/mol. The molecule has 0 saturated carbocycles. The number of thiocarbonyl (C=S) groups is 1. The van der Waals surface area contributed by atoms with Crippen LogP contribution in [0.15, 0.2) is 18.2 Å². The van der Waals surface area contributed by atoms with Crippen LogP contribution in [-0.2, 0) is 15.8 Å². The number of hydrogen-bond acceptors (Lipinski definition) is 5. The van der Waals surface area contributed by atoms with Crippen molar-refractivity contribution in [2.24, 2.45) is 0 Å². The van der Waals surface area contributed by atoms with Gasteiger partial charge in [-0.2, -0.15) is 18.4 Å². The fourth-order valence-electron chi connectivity index (χ4n) is 5.43. The summed E-state index contributed by atoms with van der Waals surface area (Å²) in [5.74, 6) is -0.438. The number of amides is 2. The number of unbranched alkanes of at least 4 members (excludes halogenated alkanes) is 3. The standard InChI is InChI=1S/C27H36F3N5O2S/c1-18-17-33(20(3)36)19(2)16-32(18)13-8-6-7-9-14-34-25(38)35(24(37)26(34,4)5)22-12-10-11-21(15-31)23(22)27(28,29)30/h10-12,18-19H,6-9,13-14,16-17H2,1-5H3/t18-,19+/m1/s1. The average Bonchev–Trinajstić information content (AvgIpc) is 3.00. The van der Waals surface area contributed by atoms with Gasteiger partial charge >= 0.3 is 6.18 Å². The monoisotopic (exact) mass is 551 g/mol. The fourth-order valence-corrected chi connectivity index (χ4v) is 5.93. The van der Waals surface area contributed by atoms with Crippen molar-refractivity contribution in [1.82, 2.24) is 14.7 Å². The molecule has 38 heavy (non-hydrogen) atoms. The Morgan fingerprint density at radius 1 is 1.11 bits per heavy atom. The minimum Gasteiger partial charge on any atom is -0.337 e. The molecule has 0 radical (unpaired) electrons. The van der Waals surface area contributed by atoms with E-state index in [9.17, 15) is 28.0 Å². The van der Waals surface area contributed by atoms with E-state index in [1.807, 2.05) is 4.90 Å². The summed E-state index contributed by atoms with van der Waals surface area (Å²) in [5.41, 5.74) is -3.21. The molecule has 2 aliphatic heterocycles. The van der Waals surface area contributed by atoms with E-state index in [4.69, 9.17) is 12.2 Å². The molecule has 3 rings (SSSR count). The topological polar surface area (TPSA) is 70.9 Å². The number of nitrogens with zero attached hydrogens (tertiary/aromatic N) is 5. The number of anilines is 1. The fraction of sp³-hybridized carbons (Fsp3) is 0.630. The molecule has 1 aromatic rings. The van der Waals surface area contributed by atoms with Crippen molar-refractivity contribution in [3.63, 3.8) is 0 Å². The first-order valence-corrected chi connectivity index (χ1v) is 13.4. The van der Waals surface area contributed by atoms with Gasteiger partial charge in [0.15, 0.2) is 5.11 Å². The molecule has 0 aromatic heterocycles. The van der Waals surface area contributed by atoms with Gasteiger partial charge < -0.3 is 9.80 Å². The molecular formula is C27H36F3N5O2S. The maximum absolute atomic E-state index is 13.9. The van der Waals surface area contributed by atoms with Gasteiger partial charge in [0.25, 0.3) is 5.91 Å². The minimum absolute atomic E-state index is 0.0201. The van der Waals surface area contributed by atoms with Crippen molar-refractivity contribution in [3.8, 4) is 6.07 Å². The molecule has 0 spiro atoms. The smallest absolute Gasteiger partial charge is 0.337 e. The molecule has 0 bridgehead atoms. The summed E-state index contributed by atoms with van der Waals surface area (Å²) in [6, 6.07) is 5.68. The Kier molecular flexibility index (Phi) is 9.09. The second-order valence-corrected chi connectivity index (χ2v) is 11.1. The van der Waals surface area contributed by atoms with Crippen molar-refractivity contribution in [1.29, 1.82) is 5.26 Å².